The molecule has 2 nitrogen and oxygen atoms in total. The Hall–Kier alpha value is -1.20. The van der Waals surface area contributed by atoms with Crippen molar-refractivity contribution < 1.29 is 9.18 Å². The van der Waals surface area contributed by atoms with E-state index in [1.807, 2.05) is 19.9 Å². The van der Waals surface area contributed by atoms with Crippen LogP contribution in [-0.4, -0.2) is 5.91 Å². The quantitative estimate of drug-likeness (QED) is 0.735. The number of amides is 1. The first kappa shape index (κ1) is 15.2. The van der Waals surface area contributed by atoms with E-state index >= 15 is 0 Å². The summed E-state index contributed by atoms with van der Waals surface area (Å²) < 4.78 is 14.8. The van der Waals surface area contributed by atoms with Gasteiger partial charge in [0.15, 0.2) is 0 Å². The van der Waals surface area contributed by atoms with Gasteiger partial charge in [0.1, 0.15) is 5.82 Å². The molecule has 0 aliphatic rings. The van der Waals surface area contributed by atoms with Gasteiger partial charge in [-0.05, 0) is 71.2 Å². The van der Waals surface area contributed by atoms with Crippen molar-refractivity contribution in [3.05, 3.63) is 61.8 Å². The van der Waals surface area contributed by atoms with E-state index in [2.05, 4.69) is 37.2 Å². The molecule has 1 amide bonds. The summed E-state index contributed by atoms with van der Waals surface area (Å²) in [6, 6.07) is 8.35. The Morgan fingerprint density at radius 2 is 1.80 bits per heavy atom. The van der Waals surface area contributed by atoms with Gasteiger partial charge in [-0.1, -0.05) is 15.9 Å². The number of carbonyl (C=O) groups excluding carboxylic acids is 1. The van der Waals surface area contributed by atoms with E-state index < -0.39 is 5.82 Å². The number of carbonyl (C=O) groups is 1. The second-order valence-corrected chi connectivity index (χ2v) is 6.26. The lowest BCUT2D eigenvalue weighted by Crippen LogP contribution is -2.14. The first-order valence-electron chi connectivity index (χ1n) is 5.91. The zero-order valence-electron chi connectivity index (χ0n) is 10.9. The molecule has 0 atom stereocenters. The Labute approximate surface area is 133 Å². The van der Waals surface area contributed by atoms with E-state index in [9.17, 15) is 9.18 Å². The molecule has 20 heavy (non-hydrogen) atoms. The van der Waals surface area contributed by atoms with Gasteiger partial charge < -0.3 is 5.32 Å². The van der Waals surface area contributed by atoms with Gasteiger partial charge in [0.05, 0.1) is 4.47 Å². The first-order valence-corrected chi connectivity index (χ1v) is 7.50. The fourth-order valence-electron chi connectivity index (χ4n) is 1.85. The Kier molecular flexibility index (Phi) is 4.60. The van der Waals surface area contributed by atoms with E-state index in [0.29, 0.717) is 15.7 Å². The third-order valence-electron chi connectivity index (χ3n) is 2.95. The molecule has 0 aliphatic carbocycles. The average molecular weight is 401 g/mol. The lowest BCUT2D eigenvalue weighted by atomic mass is 10.1. The van der Waals surface area contributed by atoms with Crippen LogP contribution >= 0.6 is 31.9 Å². The number of hydrogen-bond acceptors (Lipinski definition) is 1. The van der Waals surface area contributed by atoms with Gasteiger partial charge in [-0.15, -0.1) is 0 Å². The molecule has 0 bridgehead atoms. The number of anilines is 1. The number of halogens is 3. The molecule has 104 valence electrons. The van der Waals surface area contributed by atoms with Crippen molar-refractivity contribution in [2.24, 2.45) is 0 Å². The maximum Gasteiger partial charge on any atom is 0.255 e. The predicted octanol–water partition coefficient (Wildman–Crippen LogP) is 5.22. The standard InChI is InChI=1S/C15H12Br2FNO/c1-8-5-10(16)3-4-11(8)15(20)19-14-7-13(18)12(17)6-9(14)2/h3-7H,1-2H3,(H,19,20). The Morgan fingerprint density at radius 3 is 2.45 bits per heavy atom. The average Bonchev–Trinajstić information content (AvgIpc) is 2.35. The van der Waals surface area contributed by atoms with Crippen LogP contribution in [0, 0.1) is 19.7 Å². The van der Waals surface area contributed by atoms with Gasteiger partial charge in [0.2, 0.25) is 0 Å². The van der Waals surface area contributed by atoms with Crippen LogP contribution in [0.1, 0.15) is 21.5 Å². The minimum absolute atomic E-state index is 0.250. The van der Waals surface area contributed by atoms with Gasteiger partial charge in [0.25, 0.3) is 5.91 Å². The molecule has 0 aromatic heterocycles. The first-order chi connectivity index (χ1) is 9.38. The van der Waals surface area contributed by atoms with Gasteiger partial charge in [-0.3, -0.25) is 4.79 Å². The Balaban J connectivity index is 2.30. The zero-order valence-corrected chi connectivity index (χ0v) is 14.1. The lowest BCUT2D eigenvalue weighted by molar-refractivity contribution is 0.102. The molecule has 0 saturated heterocycles. The van der Waals surface area contributed by atoms with Crippen molar-refractivity contribution in [3.8, 4) is 0 Å². The monoisotopic (exact) mass is 399 g/mol. The highest BCUT2D eigenvalue weighted by atomic mass is 79.9. The maximum absolute atomic E-state index is 13.5. The summed E-state index contributed by atoms with van der Waals surface area (Å²) in [5.74, 6) is -0.654. The van der Waals surface area contributed by atoms with Crippen LogP contribution in [0.25, 0.3) is 0 Å². The van der Waals surface area contributed by atoms with Gasteiger partial charge in [0, 0.05) is 15.7 Å². The topological polar surface area (TPSA) is 29.1 Å². The molecular weight excluding hydrogens is 389 g/mol. The molecule has 5 heteroatoms. The minimum Gasteiger partial charge on any atom is -0.322 e. The summed E-state index contributed by atoms with van der Waals surface area (Å²) in [5, 5.41) is 2.74. The van der Waals surface area contributed by atoms with Crippen molar-refractivity contribution >= 4 is 43.5 Å². The van der Waals surface area contributed by atoms with Crippen LogP contribution in [0.2, 0.25) is 0 Å². The molecule has 0 fully saturated rings. The molecule has 0 radical (unpaired) electrons. The van der Waals surface area contributed by atoms with Gasteiger partial charge >= 0.3 is 0 Å². The van der Waals surface area contributed by atoms with Crippen molar-refractivity contribution in [2.75, 3.05) is 5.32 Å². The number of benzene rings is 2. The van der Waals surface area contributed by atoms with Crippen LogP contribution < -0.4 is 5.32 Å². The number of rotatable bonds is 2. The van der Waals surface area contributed by atoms with E-state index in [1.165, 1.54) is 6.07 Å². The zero-order chi connectivity index (χ0) is 14.9. The third kappa shape index (κ3) is 3.27. The molecular formula is C15H12Br2FNO. The van der Waals surface area contributed by atoms with Crippen LogP contribution in [0.5, 0.6) is 0 Å². The molecule has 2 rings (SSSR count). The largest absolute Gasteiger partial charge is 0.322 e. The molecule has 0 saturated carbocycles. The third-order valence-corrected chi connectivity index (χ3v) is 4.05. The minimum atomic E-state index is -0.404. The summed E-state index contributed by atoms with van der Waals surface area (Å²) in [7, 11) is 0. The highest BCUT2D eigenvalue weighted by Crippen LogP contribution is 2.25. The fourth-order valence-corrected chi connectivity index (χ4v) is 2.79. The lowest BCUT2D eigenvalue weighted by Gasteiger charge is -2.11. The van der Waals surface area contributed by atoms with Gasteiger partial charge in [-0.2, -0.15) is 0 Å². The van der Waals surface area contributed by atoms with Crippen molar-refractivity contribution in [1.29, 1.82) is 0 Å². The number of aryl methyl sites for hydroxylation is 2. The summed E-state index contributed by atoms with van der Waals surface area (Å²) in [4.78, 5) is 12.2. The molecule has 0 aliphatic heterocycles. The summed E-state index contributed by atoms with van der Waals surface area (Å²) in [5.41, 5.74) is 2.68. The number of nitrogens with one attached hydrogen (secondary N) is 1. The molecule has 0 heterocycles. The van der Waals surface area contributed by atoms with E-state index in [1.54, 1.807) is 18.2 Å². The van der Waals surface area contributed by atoms with Gasteiger partial charge in [-0.25, -0.2) is 4.39 Å². The van der Waals surface area contributed by atoms with Crippen molar-refractivity contribution in [1.82, 2.24) is 0 Å². The van der Waals surface area contributed by atoms with Crippen LogP contribution in [0.4, 0.5) is 10.1 Å². The van der Waals surface area contributed by atoms with Crippen LogP contribution in [0.15, 0.2) is 39.3 Å². The molecule has 2 aromatic rings. The van der Waals surface area contributed by atoms with E-state index in [-0.39, 0.29) is 5.91 Å². The van der Waals surface area contributed by atoms with Crippen LogP contribution in [-0.2, 0) is 0 Å². The molecule has 0 spiro atoms. The summed E-state index contributed by atoms with van der Waals surface area (Å²) in [6.45, 7) is 3.67. The molecule has 0 unspecified atom stereocenters. The van der Waals surface area contributed by atoms with Crippen LogP contribution in [0.3, 0.4) is 0 Å². The second kappa shape index (κ2) is 6.06. The molecule has 2 aromatic carbocycles. The summed E-state index contributed by atoms with van der Waals surface area (Å²) >= 11 is 6.47. The molecule has 1 N–H and O–H groups in total. The normalized spacial score (nSPS) is 10.4. The SMILES string of the molecule is Cc1cc(Br)c(F)cc1NC(=O)c1ccc(Br)cc1C. The van der Waals surface area contributed by atoms with E-state index in [4.69, 9.17) is 0 Å². The highest BCUT2D eigenvalue weighted by molar-refractivity contribution is 9.10. The highest BCUT2D eigenvalue weighted by Gasteiger charge is 2.12. The van der Waals surface area contributed by atoms with Crippen molar-refractivity contribution in [3.63, 3.8) is 0 Å². The Morgan fingerprint density at radius 1 is 1.10 bits per heavy atom. The summed E-state index contributed by atoms with van der Waals surface area (Å²) in [6.07, 6.45) is 0. The second-order valence-electron chi connectivity index (χ2n) is 4.49. The number of hydrogen-bond donors (Lipinski definition) is 1. The maximum atomic E-state index is 13.5. The smallest absolute Gasteiger partial charge is 0.255 e. The van der Waals surface area contributed by atoms with Crippen molar-refractivity contribution in [2.45, 2.75) is 13.8 Å². The predicted molar refractivity (Wildman–Crippen MR) is 85.7 cm³/mol. The fraction of sp³-hybridized carbons (Fsp3) is 0.133. The Bertz CT molecular complexity index is 686. The van der Waals surface area contributed by atoms with E-state index in [0.717, 1.165) is 15.6 Å².